The van der Waals surface area contributed by atoms with Crippen LogP contribution in [0.5, 0.6) is 11.5 Å². The van der Waals surface area contributed by atoms with E-state index in [4.69, 9.17) is 10.5 Å². The third-order valence-corrected chi connectivity index (χ3v) is 3.71. The first-order valence-electron chi connectivity index (χ1n) is 7.35. The summed E-state index contributed by atoms with van der Waals surface area (Å²) in [6.45, 7) is 4.73. The van der Waals surface area contributed by atoms with E-state index >= 15 is 0 Å². The molecule has 0 spiro atoms. The molecule has 114 valence electrons. The van der Waals surface area contributed by atoms with Crippen LogP contribution in [0, 0.1) is 0 Å². The molecule has 3 aromatic rings. The molecule has 0 aliphatic heterocycles. The molecule has 1 heterocycles. The molecule has 0 amide bonds. The van der Waals surface area contributed by atoms with Crippen LogP contribution in [0.1, 0.15) is 25.5 Å². The maximum Gasteiger partial charge on any atom is 0.123 e. The number of hydrogen-bond acceptors (Lipinski definition) is 3. The molecule has 0 saturated carbocycles. The number of fused-ring (bicyclic) bond motifs is 1. The van der Waals surface area contributed by atoms with E-state index in [0.717, 1.165) is 22.2 Å². The molecule has 22 heavy (non-hydrogen) atoms. The maximum atomic E-state index is 9.49. The summed E-state index contributed by atoms with van der Waals surface area (Å²) in [5, 5.41) is 10.6. The first kappa shape index (κ1) is 14.3. The third kappa shape index (κ3) is 2.72. The van der Waals surface area contributed by atoms with Crippen LogP contribution >= 0.6 is 0 Å². The lowest BCUT2D eigenvalue weighted by Crippen LogP contribution is -1.99. The third-order valence-electron chi connectivity index (χ3n) is 3.71. The van der Waals surface area contributed by atoms with Crippen LogP contribution in [-0.2, 0) is 6.61 Å². The van der Waals surface area contributed by atoms with Gasteiger partial charge < -0.3 is 20.1 Å². The van der Waals surface area contributed by atoms with E-state index in [9.17, 15) is 5.11 Å². The monoisotopic (exact) mass is 296 g/mol. The van der Waals surface area contributed by atoms with E-state index in [-0.39, 0.29) is 5.75 Å². The summed E-state index contributed by atoms with van der Waals surface area (Å²) in [5.74, 6) is 0.857. The van der Waals surface area contributed by atoms with Crippen molar-refractivity contribution in [3.8, 4) is 11.5 Å². The second-order valence-electron chi connectivity index (χ2n) is 5.72. The number of phenolic OH excluding ortho intramolecular Hbond substituents is 1. The number of nitrogens with zero attached hydrogens (tertiary/aromatic N) is 1. The zero-order valence-corrected chi connectivity index (χ0v) is 12.8. The highest BCUT2D eigenvalue weighted by Crippen LogP contribution is 2.28. The van der Waals surface area contributed by atoms with Crippen molar-refractivity contribution in [2.75, 3.05) is 5.73 Å². The Kier molecular flexibility index (Phi) is 3.67. The number of benzene rings is 2. The molecule has 0 fully saturated rings. The Bertz CT molecular complexity index is 806. The average Bonchev–Trinajstić information content (AvgIpc) is 2.83. The van der Waals surface area contributed by atoms with Gasteiger partial charge in [-0.05, 0) is 38.1 Å². The number of aromatic nitrogens is 1. The van der Waals surface area contributed by atoms with Crippen molar-refractivity contribution < 1.29 is 9.84 Å². The summed E-state index contributed by atoms with van der Waals surface area (Å²) in [6.07, 6.45) is 2.11. The minimum absolute atomic E-state index is 0.204. The zero-order chi connectivity index (χ0) is 15.7. The van der Waals surface area contributed by atoms with Gasteiger partial charge in [-0.15, -0.1) is 0 Å². The van der Waals surface area contributed by atoms with Crippen LogP contribution in [0.15, 0.2) is 48.7 Å². The van der Waals surface area contributed by atoms with Gasteiger partial charge in [0.15, 0.2) is 0 Å². The average molecular weight is 296 g/mol. The predicted molar refractivity (Wildman–Crippen MR) is 89.2 cm³/mol. The molecule has 0 aliphatic carbocycles. The Hall–Kier alpha value is -2.62. The lowest BCUT2D eigenvalue weighted by atomic mass is 10.1. The standard InChI is InChI=1S/C18H20N2O2/c1-12(2)20-10-13(17-7-6-14(19)8-18(17)20)11-22-16-5-3-4-15(21)9-16/h3-10,12,21H,11,19H2,1-2H3. The number of aromatic hydroxyl groups is 1. The molecule has 0 atom stereocenters. The smallest absolute Gasteiger partial charge is 0.123 e. The lowest BCUT2D eigenvalue weighted by molar-refractivity contribution is 0.305. The van der Waals surface area contributed by atoms with Crippen LogP contribution < -0.4 is 10.5 Å². The molecule has 0 radical (unpaired) electrons. The molecule has 0 bridgehead atoms. The lowest BCUT2D eigenvalue weighted by Gasteiger charge is -2.09. The van der Waals surface area contributed by atoms with Crippen molar-refractivity contribution in [1.29, 1.82) is 0 Å². The number of nitrogens with two attached hydrogens (primary N) is 1. The SMILES string of the molecule is CC(C)n1cc(COc2cccc(O)c2)c2ccc(N)cc21. The molecule has 0 saturated heterocycles. The fourth-order valence-corrected chi connectivity index (χ4v) is 2.62. The highest BCUT2D eigenvalue weighted by molar-refractivity contribution is 5.86. The van der Waals surface area contributed by atoms with Gasteiger partial charge in [0.1, 0.15) is 18.1 Å². The Labute approximate surface area is 129 Å². The topological polar surface area (TPSA) is 60.4 Å². The van der Waals surface area contributed by atoms with E-state index in [1.54, 1.807) is 18.2 Å². The molecule has 4 heteroatoms. The fourth-order valence-electron chi connectivity index (χ4n) is 2.62. The van der Waals surface area contributed by atoms with Crippen molar-refractivity contribution in [3.63, 3.8) is 0 Å². The second-order valence-corrected chi connectivity index (χ2v) is 5.72. The Morgan fingerprint density at radius 2 is 2.00 bits per heavy atom. The molecule has 3 N–H and O–H groups in total. The summed E-state index contributed by atoms with van der Waals surface area (Å²) in [7, 11) is 0. The van der Waals surface area contributed by atoms with Gasteiger partial charge in [0, 0.05) is 34.9 Å². The number of hydrogen-bond donors (Lipinski definition) is 2. The molecule has 0 unspecified atom stereocenters. The van der Waals surface area contributed by atoms with Crippen LogP contribution in [0.2, 0.25) is 0 Å². The van der Waals surface area contributed by atoms with Crippen LogP contribution in [0.4, 0.5) is 5.69 Å². The van der Waals surface area contributed by atoms with Gasteiger partial charge in [0.2, 0.25) is 0 Å². The summed E-state index contributed by atoms with van der Waals surface area (Å²) in [6, 6.07) is 13.1. The summed E-state index contributed by atoms with van der Waals surface area (Å²) >= 11 is 0. The summed E-state index contributed by atoms with van der Waals surface area (Å²) in [4.78, 5) is 0. The fraction of sp³-hybridized carbons (Fsp3) is 0.222. The molecule has 0 aliphatic rings. The van der Waals surface area contributed by atoms with Crippen molar-refractivity contribution >= 4 is 16.6 Å². The van der Waals surface area contributed by atoms with Crippen LogP contribution in [0.3, 0.4) is 0 Å². The largest absolute Gasteiger partial charge is 0.508 e. The highest BCUT2D eigenvalue weighted by Gasteiger charge is 2.11. The van der Waals surface area contributed by atoms with E-state index in [1.807, 2.05) is 24.3 Å². The normalized spacial score (nSPS) is 11.2. The second kappa shape index (κ2) is 5.64. The van der Waals surface area contributed by atoms with Gasteiger partial charge in [0.25, 0.3) is 0 Å². The zero-order valence-electron chi connectivity index (χ0n) is 12.8. The van der Waals surface area contributed by atoms with Gasteiger partial charge in [-0.25, -0.2) is 0 Å². The van der Waals surface area contributed by atoms with Crippen LogP contribution in [0.25, 0.3) is 10.9 Å². The number of ether oxygens (including phenoxy) is 1. The van der Waals surface area contributed by atoms with E-state index in [1.165, 1.54) is 0 Å². The highest BCUT2D eigenvalue weighted by atomic mass is 16.5. The van der Waals surface area contributed by atoms with Gasteiger partial charge in [-0.2, -0.15) is 0 Å². The van der Waals surface area contributed by atoms with Gasteiger partial charge in [0.05, 0.1) is 5.52 Å². The van der Waals surface area contributed by atoms with Gasteiger partial charge >= 0.3 is 0 Å². The molecule has 4 nitrogen and oxygen atoms in total. The Morgan fingerprint density at radius 3 is 2.73 bits per heavy atom. The van der Waals surface area contributed by atoms with Crippen molar-refractivity contribution in [3.05, 3.63) is 54.2 Å². The summed E-state index contributed by atoms with van der Waals surface area (Å²) < 4.78 is 8.00. The Balaban J connectivity index is 1.93. The van der Waals surface area contributed by atoms with E-state index < -0.39 is 0 Å². The Morgan fingerprint density at radius 1 is 1.18 bits per heavy atom. The van der Waals surface area contributed by atoms with Crippen LogP contribution in [-0.4, -0.2) is 9.67 Å². The predicted octanol–water partition coefficient (Wildman–Crippen LogP) is 4.09. The number of rotatable bonds is 4. The first-order chi connectivity index (χ1) is 10.5. The minimum Gasteiger partial charge on any atom is -0.508 e. The minimum atomic E-state index is 0.204. The molecule has 2 aromatic carbocycles. The molecule has 3 rings (SSSR count). The quantitative estimate of drug-likeness (QED) is 0.713. The van der Waals surface area contributed by atoms with Crippen molar-refractivity contribution in [2.45, 2.75) is 26.5 Å². The number of nitrogen functional groups attached to an aromatic ring is 1. The number of phenols is 1. The summed E-state index contributed by atoms with van der Waals surface area (Å²) in [5.41, 5.74) is 8.89. The molecular formula is C18H20N2O2. The van der Waals surface area contributed by atoms with Crippen molar-refractivity contribution in [1.82, 2.24) is 4.57 Å². The van der Waals surface area contributed by atoms with Gasteiger partial charge in [-0.1, -0.05) is 12.1 Å². The van der Waals surface area contributed by atoms with E-state index in [2.05, 4.69) is 24.6 Å². The first-order valence-corrected chi connectivity index (χ1v) is 7.35. The maximum absolute atomic E-state index is 9.49. The number of anilines is 1. The van der Waals surface area contributed by atoms with E-state index in [0.29, 0.717) is 18.4 Å². The van der Waals surface area contributed by atoms with Crippen molar-refractivity contribution in [2.24, 2.45) is 0 Å². The molecule has 1 aromatic heterocycles. The molecular weight excluding hydrogens is 276 g/mol. The van der Waals surface area contributed by atoms with Gasteiger partial charge in [-0.3, -0.25) is 0 Å².